The average molecular weight is 309 g/mol. The van der Waals surface area contributed by atoms with Crippen LogP contribution in [0, 0.1) is 0 Å². The minimum atomic E-state index is -0.331. The molecule has 0 saturated heterocycles. The van der Waals surface area contributed by atoms with Gasteiger partial charge in [0, 0.05) is 10.0 Å². The summed E-state index contributed by atoms with van der Waals surface area (Å²) < 4.78 is 0. The molecule has 0 aliphatic heterocycles. The number of hydrogen-bond acceptors (Lipinski definition) is 1. The highest BCUT2D eigenvalue weighted by atomic mass is 35.5. The molecule has 0 heterocycles. The first kappa shape index (κ1) is 15.4. The van der Waals surface area contributed by atoms with Crippen LogP contribution in [0.25, 0.3) is 0 Å². The summed E-state index contributed by atoms with van der Waals surface area (Å²) in [6.07, 6.45) is 2.69. The van der Waals surface area contributed by atoms with Crippen LogP contribution in [0.4, 0.5) is 0 Å². The molecule has 0 aromatic heterocycles. The van der Waals surface area contributed by atoms with Gasteiger partial charge in [-0.2, -0.15) is 0 Å². The molecule has 0 aliphatic rings. The Kier molecular flexibility index (Phi) is 5.90. The van der Waals surface area contributed by atoms with Crippen LogP contribution in [0.3, 0.4) is 0 Å². The van der Waals surface area contributed by atoms with Crippen LogP contribution in [-0.4, -0.2) is 11.2 Å². The van der Waals surface area contributed by atoms with E-state index in [1.807, 2.05) is 48.5 Å². The van der Waals surface area contributed by atoms with Crippen molar-refractivity contribution in [3.05, 3.63) is 69.7 Å². The third kappa shape index (κ3) is 4.52. The van der Waals surface area contributed by atoms with E-state index in [4.69, 9.17) is 23.2 Å². The minimum absolute atomic E-state index is 0.331. The van der Waals surface area contributed by atoms with Crippen LogP contribution in [0.15, 0.2) is 48.5 Å². The maximum Gasteiger partial charge on any atom is 0.0546 e. The van der Waals surface area contributed by atoms with E-state index in [2.05, 4.69) is 0 Å². The number of aliphatic hydroxyl groups is 1. The van der Waals surface area contributed by atoms with E-state index in [0.717, 1.165) is 34.0 Å². The molecule has 1 nitrogen and oxygen atoms in total. The highest BCUT2D eigenvalue weighted by molar-refractivity contribution is 6.31. The van der Waals surface area contributed by atoms with Gasteiger partial charge in [-0.25, -0.2) is 0 Å². The summed E-state index contributed by atoms with van der Waals surface area (Å²) in [5, 5.41) is 11.6. The summed E-state index contributed by atoms with van der Waals surface area (Å²) >= 11 is 12.2. The van der Waals surface area contributed by atoms with E-state index in [-0.39, 0.29) is 6.10 Å². The maximum atomic E-state index is 10.1. The third-order valence-corrected chi connectivity index (χ3v) is 4.15. The lowest BCUT2D eigenvalue weighted by molar-refractivity contribution is 0.155. The van der Waals surface area contributed by atoms with Crippen molar-refractivity contribution in [2.75, 3.05) is 0 Å². The van der Waals surface area contributed by atoms with Gasteiger partial charge in [0.05, 0.1) is 6.10 Å². The van der Waals surface area contributed by atoms with E-state index in [1.54, 1.807) is 0 Å². The second kappa shape index (κ2) is 7.68. The van der Waals surface area contributed by atoms with Crippen LogP contribution in [0.1, 0.15) is 24.0 Å². The number of aliphatic hydroxyl groups excluding tert-OH is 1. The molecule has 0 atom stereocenters. The predicted octanol–water partition coefficient (Wildman–Crippen LogP) is 4.92. The van der Waals surface area contributed by atoms with Crippen molar-refractivity contribution in [3.63, 3.8) is 0 Å². The molecule has 106 valence electrons. The summed E-state index contributed by atoms with van der Waals surface area (Å²) in [6, 6.07) is 15.5. The smallest absolute Gasteiger partial charge is 0.0546 e. The predicted molar refractivity (Wildman–Crippen MR) is 85.6 cm³/mol. The molecule has 2 aromatic rings. The summed E-state index contributed by atoms with van der Waals surface area (Å²) in [5.74, 6) is 0. The fourth-order valence-electron chi connectivity index (χ4n) is 2.19. The van der Waals surface area contributed by atoms with Crippen molar-refractivity contribution in [3.8, 4) is 0 Å². The van der Waals surface area contributed by atoms with Gasteiger partial charge in [-0.15, -0.1) is 0 Å². The van der Waals surface area contributed by atoms with Crippen molar-refractivity contribution in [2.24, 2.45) is 0 Å². The van der Waals surface area contributed by atoms with E-state index in [1.165, 1.54) is 0 Å². The van der Waals surface area contributed by atoms with Gasteiger partial charge in [0.25, 0.3) is 0 Å². The Hall–Kier alpha value is -1.02. The van der Waals surface area contributed by atoms with Crippen LogP contribution in [0.5, 0.6) is 0 Å². The number of hydrogen-bond donors (Lipinski definition) is 1. The first-order chi connectivity index (χ1) is 9.66. The molecule has 3 heteroatoms. The third-order valence-electron chi connectivity index (χ3n) is 3.41. The van der Waals surface area contributed by atoms with Crippen molar-refractivity contribution < 1.29 is 5.11 Å². The first-order valence-corrected chi connectivity index (χ1v) is 7.57. The van der Waals surface area contributed by atoms with Gasteiger partial charge >= 0.3 is 0 Å². The lowest BCUT2D eigenvalue weighted by Gasteiger charge is -2.12. The van der Waals surface area contributed by atoms with Crippen molar-refractivity contribution in [1.29, 1.82) is 0 Å². The number of benzene rings is 2. The lowest BCUT2D eigenvalue weighted by atomic mass is 10.0. The van der Waals surface area contributed by atoms with E-state index < -0.39 is 0 Å². The van der Waals surface area contributed by atoms with Gasteiger partial charge < -0.3 is 5.11 Å². The van der Waals surface area contributed by atoms with E-state index in [9.17, 15) is 5.11 Å². The van der Waals surface area contributed by atoms with Crippen LogP contribution in [-0.2, 0) is 12.8 Å². The Balaban J connectivity index is 1.80. The molecule has 2 aromatic carbocycles. The van der Waals surface area contributed by atoms with Gasteiger partial charge in [0.1, 0.15) is 0 Å². The van der Waals surface area contributed by atoms with Crippen LogP contribution < -0.4 is 0 Å². The van der Waals surface area contributed by atoms with Crippen molar-refractivity contribution in [2.45, 2.75) is 31.8 Å². The minimum Gasteiger partial charge on any atom is -0.393 e. The molecule has 0 unspecified atom stereocenters. The molecule has 0 fully saturated rings. The highest BCUT2D eigenvalue weighted by Gasteiger charge is 2.08. The normalized spacial score (nSPS) is 11.0. The van der Waals surface area contributed by atoms with Gasteiger partial charge in [-0.05, 0) is 48.9 Å². The molecule has 20 heavy (non-hydrogen) atoms. The lowest BCUT2D eigenvalue weighted by Crippen LogP contribution is -2.09. The Morgan fingerprint density at radius 3 is 1.55 bits per heavy atom. The van der Waals surface area contributed by atoms with Gasteiger partial charge in [-0.3, -0.25) is 0 Å². The topological polar surface area (TPSA) is 20.2 Å². The Morgan fingerprint density at radius 1 is 0.750 bits per heavy atom. The van der Waals surface area contributed by atoms with Crippen LogP contribution >= 0.6 is 23.2 Å². The molecule has 1 N–H and O–H groups in total. The first-order valence-electron chi connectivity index (χ1n) is 6.81. The fourth-order valence-corrected chi connectivity index (χ4v) is 2.65. The Bertz CT molecular complexity index is 505. The Morgan fingerprint density at radius 2 is 1.15 bits per heavy atom. The van der Waals surface area contributed by atoms with E-state index in [0.29, 0.717) is 12.8 Å². The maximum absolute atomic E-state index is 10.1. The molecule has 0 bridgehead atoms. The summed E-state index contributed by atoms with van der Waals surface area (Å²) in [5.41, 5.74) is 2.18. The molecule has 0 amide bonds. The van der Waals surface area contributed by atoms with Crippen LogP contribution in [0.2, 0.25) is 10.0 Å². The molecule has 0 aliphatic carbocycles. The zero-order valence-electron chi connectivity index (χ0n) is 11.2. The summed E-state index contributed by atoms with van der Waals surface area (Å²) in [6.45, 7) is 0. The quantitative estimate of drug-likeness (QED) is 0.803. The van der Waals surface area contributed by atoms with Crippen molar-refractivity contribution >= 4 is 23.2 Å². The second-order valence-corrected chi connectivity index (χ2v) is 5.73. The second-order valence-electron chi connectivity index (χ2n) is 4.91. The van der Waals surface area contributed by atoms with Gasteiger partial charge in [-0.1, -0.05) is 59.6 Å². The monoisotopic (exact) mass is 308 g/mol. The van der Waals surface area contributed by atoms with E-state index >= 15 is 0 Å². The fraction of sp³-hybridized carbons (Fsp3) is 0.294. The molecule has 2 rings (SSSR count). The Labute approximate surface area is 130 Å². The van der Waals surface area contributed by atoms with Crippen molar-refractivity contribution in [1.82, 2.24) is 0 Å². The highest BCUT2D eigenvalue weighted by Crippen LogP contribution is 2.20. The summed E-state index contributed by atoms with van der Waals surface area (Å²) in [7, 11) is 0. The molecule has 0 saturated carbocycles. The SMILES string of the molecule is OC(CCc1ccccc1Cl)CCc1ccccc1Cl. The molecular weight excluding hydrogens is 291 g/mol. The largest absolute Gasteiger partial charge is 0.393 e. The van der Waals surface area contributed by atoms with Gasteiger partial charge in [0.2, 0.25) is 0 Å². The number of aryl methyl sites for hydroxylation is 2. The molecule has 0 spiro atoms. The molecule has 0 radical (unpaired) electrons. The molecular formula is C17H18Cl2O. The zero-order valence-corrected chi connectivity index (χ0v) is 12.7. The standard InChI is InChI=1S/C17H18Cl2O/c18-16-7-3-1-5-13(16)9-11-15(20)12-10-14-6-2-4-8-17(14)19/h1-8,15,20H,9-12H2. The zero-order chi connectivity index (χ0) is 14.4. The average Bonchev–Trinajstić information content (AvgIpc) is 2.45. The van der Waals surface area contributed by atoms with Gasteiger partial charge in [0.15, 0.2) is 0 Å². The summed E-state index contributed by atoms with van der Waals surface area (Å²) in [4.78, 5) is 0. The number of rotatable bonds is 6. The number of halogens is 2.